The predicted molar refractivity (Wildman–Crippen MR) is 132 cm³/mol. The lowest BCUT2D eigenvalue weighted by Crippen LogP contribution is -2.72. The highest BCUT2D eigenvalue weighted by molar-refractivity contribution is 6.08. The Morgan fingerprint density at radius 2 is 1.67 bits per heavy atom. The average molecular weight is 497 g/mol. The Morgan fingerprint density at radius 1 is 1.03 bits per heavy atom. The van der Waals surface area contributed by atoms with Crippen LogP contribution in [0.5, 0.6) is 0 Å². The number of carbonyl (C=O) groups excluding carboxylic acids is 5. The number of ether oxygens (including phenoxy) is 2. The van der Waals surface area contributed by atoms with Crippen LogP contribution in [0.15, 0.2) is 36.0 Å². The summed E-state index contributed by atoms with van der Waals surface area (Å²) in [6, 6.07) is 0. The lowest BCUT2D eigenvalue weighted by atomic mass is 9.37. The van der Waals surface area contributed by atoms with E-state index in [-0.39, 0.29) is 35.5 Å². The second kappa shape index (κ2) is 8.17. The molecule has 36 heavy (non-hydrogen) atoms. The first kappa shape index (κ1) is 26.4. The van der Waals surface area contributed by atoms with Crippen LogP contribution < -0.4 is 0 Å². The number of Topliss-reactive ketones (excluding diaryl/α,β-unsaturated/α-hetero) is 1. The van der Waals surface area contributed by atoms with Gasteiger partial charge in [-0.1, -0.05) is 39.8 Å². The van der Waals surface area contributed by atoms with Gasteiger partial charge in [0.15, 0.2) is 17.3 Å². The number of allylic oxidation sites excluding steroid dienone is 5. The maximum atomic E-state index is 14.0. The van der Waals surface area contributed by atoms with Crippen molar-refractivity contribution in [2.24, 2.45) is 39.4 Å². The van der Waals surface area contributed by atoms with E-state index >= 15 is 0 Å². The molecule has 0 aliphatic heterocycles. The van der Waals surface area contributed by atoms with Gasteiger partial charge in [0, 0.05) is 37.2 Å². The zero-order valence-corrected chi connectivity index (χ0v) is 22.3. The summed E-state index contributed by atoms with van der Waals surface area (Å²) in [5.41, 5.74) is -3.20. The van der Waals surface area contributed by atoms with Crippen molar-refractivity contribution in [2.75, 3.05) is 7.11 Å². The minimum absolute atomic E-state index is 0.0406. The molecule has 0 aromatic rings. The number of methoxy groups -OCH3 is 1. The van der Waals surface area contributed by atoms with Gasteiger partial charge in [0.05, 0.1) is 17.4 Å². The third-order valence-electron chi connectivity index (χ3n) is 9.72. The smallest absolute Gasteiger partial charge is 0.303 e. The summed E-state index contributed by atoms with van der Waals surface area (Å²) in [5, 5.41) is 0. The van der Waals surface area contributed by atoms with Crippen LogP contribution in [0.4, 0.5) is 0 Å². The van der Waals surface area contributed by atoms with Crippen LogP contribution in [-0.2, 0) is 33.4 Å². The lowest BCUT2D eigenvalue weighted by molar-refractivity contribution is -0.235. The van der Waals surface area contributed by atoms with Crippen LogP contribution in [0.2, 0.25) is 0 Å². The van der Waals surface area contributed by atoms with E-state index in [9.17, 15) is 24.0 Å². The van der Waals surface area contributed by atoms with Gasteiger partial charge in [-0.15, -0.1) is 0 Å². The normalized spacial score (nSPS) is 43.1. The van der Waals surface area contributed by atoms with E-state index in [0.29, 0.717) is 5.57 Å². The number of esters is 1. The van der Waals surface area contributed by atoms with Crippen molar-refractivity contribution >= 4 is 29.1 Å². The van der Waals surface area contributed by atoms with Crippen molar-refractivity contribution in [3.05, 3.63) is 36.0 Å². The molecule has 2 saturated carbocycles. The first-order valence-corrected chi connectivity index (χ1v) is 12.5. The van der Waals surface area contributed by atoms with Crippen molar-refractivity contribution < 1.29 is 33.4 Å². The Labute approximate surface area is 212 Å². The first-order valence-electron chi connectivity index (χ1n) is 12.5. The van der Waals surface area contributed by atoms with Crippen LogP contribution in [0.1, 0.15) is 54.9 Å². The molecule has 0 N–H and O–H groups in total. The third-order valence-corrected chi connectivity index (χ3v) is 9.72. The molecule has 0 bridgehead atoms. The fraction of sp³-hybridized carbons (Fsp3) is 0.621. The van der Waals surface area contributed by atoms with Gasteiger partial charge in [0.2, 0.25) is 0 Å². The van der Waals surface area contributed by atoms with E-state index in [1.54, 1.807) is 20.1 Å². The topological polar surface area (TPSA) is 104 Å². The number of fused-ring (bicyclic) bond motifs is 5. The summed E-state index contributed by atoms with van der Waals surface area (Å²) in [5.74, 6) is -3.01. The largest absolute Gasteiger partial charge is 0.459 e. The van der Waals surface area contributed by atoms with Gasteiger partial charge in [-0.25, -0.2) is 0 Å². The molecule has 0 aromatic heterocycles. The molecule has 2 fully saturated rings. The van der Waals surface area contributed by atoms with Crippen LogP contribution in [0, 0.1) is 39.4 Å². The van der Waals surface area contributed by atoms with E-state index in [1.807, 2.05) is 33.8 Å². The highest BCUT2D eigenvalue weighted by Gasteiger charge is 2.75. The number of hydrogen-bond acceptors (Lipinski definition) is 7. The molecule has 7 nitrogen and oxygen atoms in total. The Hall–Kier alpha value is -2.67. The average Bonchev–Trinajstić information content (AvgIpc) is 3.04. The SMILES string of the molecule is CO[C@@H]1C2C(C)(C)C=CC(=O)[C@]2(C)[C@@H]2CC(=O)[C@]3(C)C(=CC(=O)[C@H]3/C=C/C(C)=O)[C@]2(C)[C@@H]1OC(C)=O. The van der Waals surface area contributed by atoms with Gasteiger partial charge < -0.3 is 9.47 Å². The van der Waals surface area contributed by atoms with E-state index < -0.39 is 51.7 Å². The maximum Gasteiger partial charge on any atom is 0.303 e. The van der Waals surface area contributed by atoms with Gasteiger partial charge in [-0.05, 0) is 49.0 Å². The molecule has 0 saturated heterocycles. The predicted octanol–water partition coefficient (Wildman–Crippen LogP) is 3.61. The monoisotopic (exact) mass is 496 g/mol. The first-order chi connectivity index (χ1) is 16.6. The standard InChI is InChI=1S/C29H36O7/c1-15(30)9-10-17-18(32)13-19-27(17,5)22(34)14-20-28(19,6)25(36-16(2)31)23(35-8)24-26(3,4)12-11-21(33)29(20,24)7/h9-13,17,20,23-25H,14H2,1-8H3/b10-9+/t17-,20-,23-,24?,25-,27+,28+,29+/m1/s1. The molecule has 0 amide bonds. The van der Waals surface area contributed by atoms with Crippen molar-refractivity contribution in [2.45, 2.75) is 67.1 Å². The summed E-state index contributed by atoms with van der Waals surface area (Å²) in [4.78, 5) is 65.1. The number of hydrogen-bond donors (Lipinski definition) is 0. The van der Waals surface area contributed by atoms with Crippen molar-refractivity contribution in [3.63, 3.8) is 0 Å². The van der Waals surface area contributed by atoms with Crippen molar-refractivity contribution in [1.29, 1.82) is 0 Å². The molecular weight excluding hydrogens is 460 g/mol. The van der Waals surface area contributed by atoms with Crippen molar-refractivity contribution in [1.82, 2.24) is 0 Å². The lowest BCUT2D eigenvalue weighted by Gasteiger charge is -2.67. The third kappa shape index (κ3) is 3.24. The van der Waals surface area contributed by atoms with Crippen LogP contribution in [-0.4, -0.2) is 48.4 Å². The summed E-state index contributed by atoms with van der Waals surface area (Å²) in [6.07, 6.45) is 6.34. The Kier molecular flexibility index (Phi) is 5.99. The molecule has 0 spiro atoms. The highest BCUT2D eigenvalue weighted by atomic mass is 16.6. The Morgan fingerprint density at radius 3 is 2.22 bits per heavy atom. The zero-order chi connectivity index (χ0) is 27.0. The number of ketones is 4. The molecule has 0 radical (unpaired) electrons. The Bertz CT molecular complexity index is 1160. The van der Waals surface area contributed by atoms with Gasteiger partial charge >= 0.3 is 5.97 Å². The molecular formula is C29H36O7. The molecule has 0 heterocycles. The van der Waals surface area contributed by atoms with Crippen LogP contribution in [0.3, 0.4) is 0 Å². The summed E-state index contributed by atoms with van der Waals surface area (Å²) >= 11 is 0. The van der Waals surface area contributed by atoms with Crippen LogP contribution >= 0.6 is 0 Å². The molecule has 7 heteroatoms. The summed E-state index contributed by atoms with van der Waals surface area (Å²) in [7, 11) is 1.55. The summed E-state index contributed by atoms with van der Waals surface area (Å²) in [6.45, 7) is 12.3. The maximum absolute atomic E-state index is 14.0. The summed E-state index contributed by atoms with van der Waals surface area (Å²) < 4.78 is 12.1. The highest BCUT2D eigenvalue weighted by Crippen LogP contribution is 2.71. The van der Waals surface area contributed by atoms with Gasteiger partial charge in [-0.2, -0.15) is 0 Å². The van der Waals surface area contributed by atoms with Gasteiger partial charge in [-0.3, -0.25) is 24.0 Å². The van der Waals surface area contributed by atoms with Gasteiger partial charge in [0.1, 0.15) is 11.9 Å². The fourth-order valence-corrected chi connectivity index (χ4v) is 8.17. The second-order valence-corrected chi connectivity index (χ2v) is 12.1. The number of carbonyl (C=O) groups is 5. The molecule has 1 unspecified atom stereocenters. The molecule has 4 aliphatic carbocycles. The Balaban J connectivity index is 2.01. The quantitative estimate of drug-likeness (QED) is 0.433. The second-order valence-electron chi connectivity index (χ2n) is 12.1. The zero-order valence-electron chi connectivity index (χ0n) is 22.3. The van der Waals surface area contributed by atoms with Gasteiger partial charge in [0.25, 0.3) is 0 Å². The van der Waals surface area contributed by atoms with E-state index in [4.69, 9.17) is 9.47 Å². The molecule has 194 valence electrons. The molecule has 4 aliphatic rings. The van der Waals surface area contributed by atoms with E-state index in [0.717, 1.165) is 0 Å². The minimum atomic E-state index is -1.22. The molecule has 4 rings (SSSR count). The minimum Gasteiger partial charge on any atom is -0.459 e. The number of rotatable bonds is 4. The van der Waals surface area contributed by atoms with E-state index in [1.165, 1.54) is 32.1 Å². The van der Waals surface area contributed by atoms with E-state index in [2.05, 4.69) is 0 Å². The van der Waals surface area contributed by atoms with Crippen molar-refractivity contribution in [3.8, 4) is 0 Å². The van der Waals surface area contributed by atoms with Crippen LogP contribution in [0.25, 0.3) is 0 Å². The molecule has 0 aromatic carbocycles. The molecule has 8 atom stereocenters. The fourth-order valence-electron chi connectivity index (χ4n) is 8.17.